The van der Waals surface area contributed by atoms with Crippen LogP contribution in [0.3, 0.4) is 0 Å². The first-order valence-electron chi connectivity index (χ1n) is 8.76. The Labute approximate surface area is 160 Å². The fourth-order valence-electron chi connectivity index (χ4n) is 3.62. The smallest absolute Gasteiger partial charge is 0.230 e. The first kappa shape index (κ1) is 20.5. The Balaban J connectivity index is 0.00000225. The molecular weight excluding hydrogens is 361 g/mol. The average Bonchev–Trinajstić information content (AvgIpc) is 2.63. The predicted octanol–water partition coefficient (Wildman–Crippen LogP) is 1.83. The normalized spacial score (nSPS) is 20.5. The SMILES string of the molecule is Cl.O=C(NCCN1CCNCC1)C1(c2ccccc2Cl)CCOCC1. The summed E-state index contributed by atoms with van der Waals surface area (Å²) >= 11 is 6.41. The van der Waals surface area contributed by atoms with Crippen molar-refractivity contribution in [3.8, 4) is 0 Å². The fraction of sp³-hybridized carbons (Fsp3) is 0.611. The van der Waals surface area contributed by atoms with E-state index in [0.29, 0.717) is 37.6 Å². The largest absolute Gasteiger partial charge is 0.381 e. The van der Waals surface area contributed by atoms with E-state index in [1.807, 2.05) is 24.3 Å². The molecule has 0 bridgehead atoms. The topological polar surface area (TPSA) is 53.6 Å². The highest BCUT2D eigenvalue weighted by Gasteiger charge is 2.42. The van der Waals surface area contributed by atoms with Crippen molar-refractivity contribution in [3.05, 3.63) is 34.9 Å². The van der Waals surface area contributed by atoms with Gasteiger partial charge in [0.05, 0.1) is 5.41 Å². The lowest BCUT2D eigenvalue weighted by atomic mass is 9.73. The third-order valence-electron chi connectivity index (χ3n) is 5.09. The van der Waals surface area contributed by atoms with E-state index in [0.717, 1.165) is 38.3 Å². The fourth-order valence-corrected chi connectivity index (χ4v) is 3.94. The van der Waals surface area contributed by atoms with Crippen LogP contribution in [0.2, 0.25) is 5.02 Å². The average molecular weight is 388 g/mol. The first-order valence-corrected chi connectivity index (χ1v) is 9.14. The summed E-state index contributed by atoms with van der Waals surface area (Å²) in [6, 6.07) is 7.69. The van der Waals surface area contributed by atoms with Gasteiger partial charge in [-0.3, -0.25) is 9.69 Å². The number of nitrogens with one attached hydrogen (secondary N) is 2. The number of amides is 1. The summed E-state index contributed by atoms with van der Waals surface area (Å²) < 4.78 is 5.50. The molecule has 2 saturated heterocycles. The minimum absolute atomic E-state index is 0. The van der Waals surface area contributed by atoms with E-state index in [-0.39, 0.29) is 18.3 Å². The van der Waals surface area contributed by atoms with E-state index in [2.05, 4.69) is 15.5 Å². The van der Waals surface area contributed by atoms with Gasteiger partial charge in [0.2, 0.25) is 5.91 Å². The molecule has 1 aromatic rings. The summed E-state index contributed by atoms with van der Waals surface area (Å²) in [5, 5.41) is 7.16. The van der Waals surface area contributed by atoms with Crippen LogP contribution < -0.4 is 10.6 Å². The van der Waals surface area contributed by atoms with E-state index in [4.69, 9.17) is 16.3 Å². The number of hydrogen-bond donors (Lipinski definition) is 2. The third kappa shape index (κ3) is 4.86. The Morgan fingerprint density at radius 2 is 1.92 bits per heavy atom. The minimum atomic E-state index is -0.569. The second-order valence-corrected chi connectivity index (χ2v) is 6.93. The number of carbonyl (C=O) groups excluding carboxylic acids is 1. The van der Waals surface area contributed by atoms with Gasteiger partial charge in [0.25, 0.3) is 0 Å². The van der Waals surface area contributed by atoms with Gasteiger partial charge < -0.3 is 15.4 Å². The van der Waals surface area contributed by atoms with Crippen LogP contribution in [0, 0.1) is 0 Å². The van der Waals surface area contributed by atoms with Crippen LogP contribution in [-0.4, -0.2) is 63.3 Å². The lowest BCUT2D eigenvalue weighted by molar-refractivity contribution is -0.130. The Bertz CT molecular complexity index is 559. The molecule has 2 aliphatic rings. The summed E-state index contributed by atoms with van der Waals surface area (Å²) in [7, 11) is 0. The molecule has 0 atom stereocenters. The Morgan fingerprint density at radius 1 is 1.24 bits per heavy atom. The molecule has 0 radical (unpaired) electrons. The molecule has 0 aromatic heterocycles. The summed E-state index contributed by atoms with van der Waals surface area (Å²) in [5.74, 6) is 0.0778. The van der Waals surface area contributed by atoms with Crippen molar-refractivity contribution in [2.75, 3.05) is 52.5 Å². The molecule has 0 unspecified atom stereocenters. The number of carbonyl (C=O) groups is 1. The van der Waals surface area contributed by atoms with Crippen LogP contribution >= 0.6 is 24.0 Å². The highest BCUT2D eigenvalue weighted by molar-refractivity contribution is 6.31. The van der Waals surface area contributed by atoms with E-state index in [1.54, 1.807) is 0 Å². The van der Waals surface area contributed by atoms with E-state index in [1.165, 1.54) is 0 Å². The monoisotopic (exact) mass is 387 g/mol. The molecule has 7 heteroatoms. The zero-order valence-corrected chi connectivity index (χ0v) is 16.0. The van der Waals surface area contributed by atoms with Gasteiger partial charge in [-0.2, -0.15) is 0 Å². The van der Waals surface area contributed by atoms with E-state index in [9.17, 15) is 4.79 Å². The highest BCUT2D eigenvalue weighted by Crippen LogP contribution is 2.38. The van der Waals surface area contributed by atoms with Crippen LogP contribution in [0.5, 0.6) is 0 Å². The van der Waals surface area contributed by atoms with Gasteiger partial charge in [0.1, 0.15) is 0 Å². The van der Waals surface area contributed by atoms with Crippen molar-refractivity contribution in [1.29, 1.82) is 0 Å². The molecule has 3 rings (SSSR count). The first-order chi connectivity index (χ1) is 11.7. The molecule has 2 N–H and O–H groups in total. The molecule has 0 aliphatic carbocycles. The zero-order chi connectivity index (χ0) is 16.8. The quantitative estimate of drug-likeness (QED) is 0.808. The molecule has 1 aromatic carbocycles. The minimum Gasteiger partial charge on any atom is -0.381 e. The maximum Gasteiger partial charge on any atom is 0.230 e. The van der Waals surface area contributed by atoms with Crippen molar-refractivity contribution in [2.24, 2.45) is 0 Å². The van der Waals surface area contributed by atoms with Crippen LogP contribution in [-0.2, 0) is 14.9 Å². The van der Waals surface area contributed by atoms with Crippen molar-refractivity contribution in [1.82, 2.24) is 15.5 Å². The van der Waals surface area contributed by atoms with Crippen molar-refractivity contribution >= 4 is 29.9 Å². The number of piperazine rings is 1. The van der Waals surface area contributed by atoms with E-state index >= 15 is 0 Å². The Morgan fingerprint density at radius 3 is 2.60 bits per heavy atom. The third-order valence-corrected chi connectivity index (χ3v) is 5.42. The Hall–Kier alpha value is -0.850. The summed E-state index contributed by atoms with van der Waals surface area (Å²) in [6.07, 6.45) is 1.35. The van der Waals surface area contributed by atoms with Gasteiger partial charge >= 0.3 is 0 Å². The number of nitrogens with zero attached hydrogens (tertiary/aromatic N) is 1. The van der Waals surface area contributed by atoms with Crippen molar-refractivity contribution < 1.29 is 9.53 Å². The van der Waals surface area contributed by atoms with Crippen LogP contribution in [0.15, 0.2) is 24.3 Å². The summed E-state index contributed by atoms with van der Waals surface area (Å²) in [5.41, 5.74) is 0.356. The second kappa shape index (κ2) is 9.74. The molecular formula is C18H27Cl2N3O2. The second-order valence-electron chi connectivity index (χ2n) is 6.52. The predicted molar refractivity (Wildman–Crippen MR) is 103 cm³/mol. The van der Waals surface area contributed by atoms with Gasteiger partial charge in [-0.25, -0.2) is 0 Å². The lowest BCUT2D eigenvalue weighted by Gasteiger charge is -2.37. The summed E-state index contributed by atoms with van der Waals surface area (Å²) in [6.45, 7) is 6.88. The highest BCUT2D eigenvalue weighted by atomic mass is 35.5. The molecule has 0 saturated carbocycles. The molecule has 2 heterocycles. The van der Waals surface area contributed by atoms with Crippen LogP contribution in [0.1, 0.15) is 18.4 Å². The van der Waals surface area contributed by atoms with Gasteiger partial charge in [0.15, 0.2) is 0 Å². The van der Waals surface area contributed by atoms with Crippen molar-refractivity contribution in [2.45, 2.75) is 18.3 Å². The Kier molecular flexibility index (Phi) is 7.97. The number of ether oxygens (including phenoxy) is 1. The van der Waals surface area contributed by atoms with Gasteiger partial charge in [-0.05, 0) is 24.5 Å². The molecule has 5 nitrogen and oxygen atoms in total. The van der Waals surface area contributed by atoms with E-state index < -0.39 is 5.41 Å². The van der Waals surface area contributed by atoms with Gasteiger partial charge in [0, 0.05) is 57.5 Å². The number of hydrogen-bond acceptors (Lipinski definition) is 4. The van der Waals surface area contributed by atoms with Crippen LogP contribution in [0.4, 0.5) is 0 Å². The number of halogens is 2. The molecule has 2 aliphatic heterocycles. The molecule has 0 spiro atoms. The standard InChI is InChI=1S/C18H26ClN3O2.ClH/c19-16-4-2-1-3-15(16)18(5-13-24-14-6-18)17(23)21-9-12-22-10-7-20-8-11-22;/h1-4,20H,5-14H2,(H,21,23);1H. The van der Waals surface area contributed by atoms with Gasteiger partial charge in [-0.1, -0.05) is 29.8 Å². The lowest BCUT2D eigenvalue weighted by Crippen LogP contribution is -2.51. The summed E-state index contributed by atoms with van der Waals surface area (Å²) in [4.78, 5) is 15.4. The number of rotatable bonds is 5. The van der Waals surface area contributed by atoms with Crippen molar-refractivity contribution in [3.63, 3.8) is 0 Å². The number of benzene rings is 1. The maximum atomic E-state index is 13.1. The van der Waals surface area contributed by atoms with Crippen LogP contribution in [0.25, 0.3) is 0 Å². The zero-order valence-electron chi connectivity index (χ0n) is 14.4. The molecule has 2 fully saturated rings. The molecule has 25 heavy (non-hydrogen) atoms. The molecule has 140 valence electrons. The molecule has 1 amide bonds. The maximum absolute atomic E-state index is 13.1. The van der Waals surface area contributed by atoms with Gasteiger partial charge in [-0.15, -0.1) is 12.4 Å².